The van der Waals surface area contributed by atoms with Gasteiger partial charge in [0.2, 0.25) is 5.91 Å². The van der Waals surface area contributed by atoms with Crippen molar-refractivity contribution in [1.29, 1.82) is 0 Å². The number of imidazole rings is 1. The molecule has 5 heteroatoms. The number of H-pyrrole nitrogens is 1. The summed E-state index contributed by atoms with van der Waals surface area (Å²) >= 11 is 1.52. The molecule has 0 aliphatic carbocycles. The van der Waals surface area contributed by atoms with Crippen LogP contribution in [0.4, 0.5) is 5.69 Å². The lowest BCUT2D eigenvalue weighted by atomic mass is 10.3. The number of nitrogens with one attached hydrogen (secondary N) is 2. The van der Waals surface area contributed by atoms with E-state index in [4.69, 9.17) is 0 Å². The Labute approximate surface area is 127 Å². The largest absolute Gasteiger partial charge is 0.342 e. The first-order valence-corrected chi connectivity index (χ1v) is 7.63. The fraction of sp³-hybridized carbons (Fsp3) is 0.125. The number of hydrogen-bond donors (Lipinski definition) is 2. The number of aromatic amines is 1. The number of carbonyl (C=O) groups excluding carboxylic acids is 1. The van der Waals surface area contributed by atoms with Gasteiger partial charge in [0.15, 0.2) is 0 Å². The SMILES string of the molecule is Cc1nc2ccc(NC(=O)CSc3ccccc3)cc2[nH]1. The smallest absolute Gasteiger partial charge is 0.234 e. The fourth-order valence-electron chi connectivity index (χ4n) is 2.08. The van der Waals surface area contributed by atoms with Crippen LogP contribution in [0.1, 0.15) is 5.82 Å². The second-order valence-corrected chi connectivity index (χ2v) is 5.75. The molecule has 4 nitrogen and oxygen atoms in total. The van der Waals surface area contributed by atoms with Crippen LogP contribution in [0.15, 0.2) is 53.4 Å². The van der Waals surface area contributed by atoms with Gasteiger partial charge < -0.3 is 10.3 Å². The van der Waals surface area contributed by atoms with Crippen molar-refractivity contribution in [2.24, 2.45) is 0 Å². The summed E-state index contributed by atoms with van der Waals surface area (Å²) in [5, 5.41) is 2.91. The third-order valence-corrected chi connectivity index (χ3v) is 4.01. The van der Waals surface area contributed by atoms with Gasteiger partial charge in [-0.1, -0.05) is 18.2 Å². The van der Waals surface area contributed by atoms with Crippen LogP contribution in [0.5, 0.6) is 0 Å². The minimum absolute atomic E-state index is 0.0144. The highest BCUT2D eigenvalue weighted by atomic mass is 32.2. The summed E-state index contributed by atoms with van der Waals surface area (Å²) in [7, 11) is 0. The van der Waals surface area contributed by atoms with E-state index in [1.807, 2.05) is 55.5 Å². The number of aromatic nitrogens is 2. The Morgan fingerprint density at radius 2 is 2.05 bits per heavy atom. The number of amides is 1. The van der Waals surface area contributed by atoms with Gasteiger partial charge in [-0.3, -0.25) is 4.79 Å². The molecule has 0 bridgehead atoms. The first-order chi connectivity index (χ1) is 10.2. The minimum atomic E-state index is -0.0144. The Hall–Kier alpha value is -2.27. The van der Waals surface area contributed by atoms with Crippen molar-refractivity contribution in [3.8, 4) is 0 Å². The zero-order chi connectivity index (χ0) is 14.7. The molecule has 0 aliphatic heterocycles. The van der Waals surface area contributed by atoms with Crippen LogP contribution >= 0.6 is 11.8 Å². The molecule has 1 aromatic heterocycles. The number of benzene rings is 2. The molecule has 3 aromatic rings. The summed E-state index contributed by atoms with van der Waals surface area (Å²) < 4.78 is 0. The molecule has 0 unspecified atom stereocenters. The average Bonchev–Trinajstić information content (AvgIpc) is 2.85. The van der Waals surface area contributed by atoms with Crippen LogP contribution in [0.2, 0.25) is 0 Å². The number of fused-ring (bicyclic) bond motifs is 1. The second-order valence-electron chi connectivity index (χ2n) is 4.70. The number of anilines is 1. The maximum Gasteiger partial charge on any atom is 0.234 e. The van der Waals surface area contributed by atoms with Crippen molar-refractivity contribution in [3.05, 3.63) is 54.4 Å². The zero-order valence-electron chi connectivity index (χ0n) is 11.6. The molecular weight excluding hydrogens is 282 g/mol. The quantitative estimate of drug-likeness (QED) is 0.723. The second kappa shape index (κ2) is 6.01. The molecule has 21 heavy (non-hydrogen) atoms. The molecule has 0 fully saturated rings. The molecule has 1 heterocycles. The standard InChI is InChI=1S/C16H15N3OS/c1-11-17-14-8-7-12(9-15(14)18-11)19-16(20)10-21-13-5-3-2-4-6-13/h2-9H,10H2,1H3,(H,17,18)(H,19,20). The van der Waals surface area contributed by atoms with Gasteiger partial charge >= 0.3 is 0 Å². The highest BCUT2D eigenvalue weighted by Gasteiger charge is 2.05. The average molecular weight is 297 g/mol. The first kappa shape index (κ1) is 13.7. The van der Waals surface area contributed by atoms with Crippen molar-refractivity contribution in [3.63, 3.8) is 0 Å². The number of nitrogens with zero attached hydrogens (tertiary/aromatic N) is 1. The van der Waals surface area contributed by atoms with E-state index in [2.05, 4.69) is 15.3 Å². The van der Waals surface area contributed by atoms with Crippen molar-refractivity contribution < 1.29 is 4.79 Å². The highest BCUT2D eigenvalue weighted by molar-refractivity contribution is 8.00. The molecule has 2 aromatic carbocycles. The van der Waals surface area contributed by atoms with Gasteiger partial charge in [0.05, 0.1) is 16.8 Å². The minimum Gasteiger partial charge on any atom is -0.342 e. The molecule has 0 aliphatic rings. The first-order valence-electron chi connectivity index (χ1n) is 6.65. The van der Waals surface area contributed by atoms with Crippen LogP contribution in [-0.2, 0) is 4.79 Å². The van der Waals surface area contributed by atoms with E-state index in [-0.39, 0.29) is 5.91 Å². The number of thioether (sulfide) groups is 1. The number of hydrogen-bond acceptors (Lipinski definition) is 3. The van der Waals surface area contributed by atoms with E-state index in [0.717, 1.165) is 27.4 Å². The zero-order valence-corrected chi connectivity index (χ0v) is 12.4. The Balaban J connectivity index is 1.63. The lowest BCUT2D eigenvalue weighted by molar-refractivity contribution is -0.113. The van der Waals surface area contributed by atoms with E-state index in [0.29, 0.717) is 5.75 Å². The van der Waals surface area contributed by atoms with Crippen LogP contribution in [0.25, 0.3) is 11.0 Å². The fourth-order valence-corrected chi connectivity index (χ4v) is 2.80. The summed E-state index contributed by atoms with van der Waals surface area (Å²) in [6, 6.07) is 15.6. The Bertz CT molecular complexity index is 768. The van der Waals surface area contributed by atoms with E-state index in [1.165, 1.54) is 11.8 Å². The van der Waals surface area contributed by atoms with Crippen LogP contribution in [0.3, 0.4) is 0 Å². The van der Waals surface area contributed by atoms with Crippen molar-refractivity contribution in [2.45, 2.75) is 11.8 Å². The number of rotatable bonds is 4. The number of carbonyl (C=O) groups is 1. The Morgan fingerprint density at radius 3 is 2.86 bits per heavy atom. The van der Waals surface area contributed by atoms with Crippen LogP contribution < -0.4 is 5.32 Å². The maximum atomic E-state index is 12.0. The summed E-state index contributed by atoms with van der Waals surface area (Å²) in [6.07, 6.45) is 0. The summed E-state index contributed by atoms with van der Waals surface area (Å²) in [5.74, 6) is 1.25. The molecule has 3 rings (SSSR count). The third-order valence-electron chi connectivity index (χ3n) is 3.00. The molecule has 2 N–H and O–H groups in total. The van der Waals surface area contributed by atoms with Gasteiger partial charge in [0.25, 0.3) is 0 Å². The lowest BCUT2D eigenvalue weighted by Crippen LogP contribution is -2.13. The van der Waals surface area contributed by atoms with E-state index >= 15 is 0 Å². The monoisotopic (exact) mass is 297 g/mol. The summed E-state index contributed by atoms with van der Waals surface area (Å²) in [6.45, 7) is 1.91. The van der Waals surface area contributed by atoms with E-state index < -0.39 is 0 Å². The molecular formula is C16H15N3OS. The van der Waals surface area contributed by atoms with Crippen molar-refractivity contribution in [2.75, 3.05) is 11.1 Å². The van der Waals surface area contributed by atoms with Gasteiger partial charge in [-0.25, -0.2) is 4.98 Å². The number of aryl methyl sites for hydroxylation is 1. The van der Waals surface area contributed by atoms with Crippen LogP contribution in [-0.4, -0.2) is 21.6 Å². The third kappa shape index (κ3) is 3.44. The van der Waals surface area contributed by atoms with Gasteiger partial charge in [-0.05, 0) is 37.3 Å². The van der Waals surface area contributed by atoms with E-state index in [1.54, 1.807) is 0 Å². The van der Waals surface area contributed by atoms with Crippen molar-refractivity contribution >= 4 is 34.4 Å². The Kier molecular flexibility index (Phi) is 3.92. The molecule has 0 saturated carbocycles. The molecule has 0 saturated heterocycles. The van der Waals surface area contributed by atoms with Gasteiger partial charge in [0, 0.05) is 10.6 Å². The molecule has 0 radical (unpaired) electrons. The summed E-state index contributed by atoms with van der Waals surface area (Å²) in [4.78, 5) is 20.6. The molecule has 106 valence electrons. The Morgan fingerprint density at radius 1 is 1.24 bits per heavy atom. The predicted octanol–water partition coefficient (Wildman–Crippen LogP) is 3.60. The van der Waals surface area contributed by atoms with Gasteiger partial charge in [-0.15, -0.1) is 11.8 Å². The van der Waals surface area contributed by atoms with Gasteiger partial charge in [-0.2, -0.15) is 0 Å². The molecule has 0 spiro atoms. The predicted molar refractivity (Wildman–Crippen MR) is 86.6 cm³/mol. The lowest BCUT2D eigenvalue weighted by Gasteiger charge is -2.05. The van der Waals surface area contributed by atoms with E-state index in [9.17, 15) is 4.79 Å². The van der Waals surface area contributed by atoms with Gasteiger partial charge in [0.1, 0.15) is 5.82 Å². The van der Waals surface area contributed by atoms with Crippen molar-refractivity contribution in [1.82, 2.24) is 9.97 Å². The summed E-state index contributed by atoms with van der Waals surface area (Å²) in [5.41, 5.74) is 2.62. The molecule has 1 amide bonds. The van der Waals surface area contributed by atoms with Crippen LogP contribution in [0, 0.1) is 6.92 Å². The normalized spacial score (nSPS) is 10.7. The topological polar surface area (TPSA) is 57.8 Å². The highest BCUT2D eigenvalue weighted by Crippen LogP contribution is 2.19. The maximum absolute atomic E-state index is 12.0. The molecule has 0 atom stereocenters.